The minimum absolute atomic E-state index is 1.08. The van der Waals surface area contributed by atoms with Crippen molar-refractivity contribution >= 4 is 15.4 Å². The first-order valence-corrected chi connectivity index (χ1v) is 5.70. The Balaban J connectivity index is 2.31. The maximum atomic E-state index is 3.65. The molecule has 0 atom stereocenters. The highest BCUT2D eigenvalue weighted by atomic mass is 28.1. The van der Waals surface area contributed by atoms with Crippen LogP contribution >= 0.6 is 0 Å². The van der Waals surface area contributed by atoms with Crippen LogP contribution in [0.25, 0.3) is 11.1 Å². The largest absolute Gasteiger partial charge is 0.0715 e. The van der Waals surface area contributed by atoms with Gasteiger partial charge >= 0.3 is 0 Å². The fourth-order valence-corrected chi connectivity index (χ4v) is 2.60. The van der Waals surface area contributed by atoms with Gasteiger partial charge in [0, 0.05) is 0 Å². The van der Waals surface area contributed by atoms with Crippen LogP contribution in [0.2, 0.25) is 0 Å². The van der Waals surface area contributed by atoms with Crippen LogP contribution in [0.1, 0.15) is 16.7 Å². The van der Waals surface area contributed by atoms with E-state index in [1.807, 2.05) is 0 Å². The summed E-state index contributed by atoms with van der Waals surface area (Å²) in [6.07, 6.45) is 1.08. The second-order valence-corrected chi connectivity index (χ2v) is 4.64. The number of hydrogen-bond donors (Lipinski definition) is 0. The van der Waals surface area contributed by atoms with E-state index >= 15 is 0 Å². The molecule has 0 unspecified atom stereocenters. The van der Waals surface area contributed by atoms with Gasteiger partial charge in [0.1, 0.15) is 0 Å². The highest BCUT2D eigenvalue weighted by molar-refractivity contribution is 6.33. The van der Waals surface area contributed by atoms with E-state index < -0.39 is 0 Å². The minimum atomic E-state index is 1.08. The van der Waals surface area contributed by atoms with Crippen LogP contribution in [0.4, 0.5) is 0 Å². The Labute approximate surface area is 93.4 Å². The predicted molar refractivity (Wildman–Crippen MR) is 64.8 cm³/mol. The molecule has 0 fully saturated rings. The fraction of sp³-hybridized carbons (Fsp3) is 0.143. The summed E-state index contributed by atoms with van der Waals surface area (Å²) in [6.45, 7) is 2.19. The molecule has 0 bridgehead atoms. The Bertz CT molecular complexity index is 541. The van der Waals surface area contributed by atoms with Gasteiger partial charge in [-0.05, 0) is 41.2 Å². The molecule has 2 aromatic rings. The summed E-state index contributed by atoms with van der Waals surface area (Å²) >= 11 is 0. The third-order valence-electron chi connectivity index (χ3n) is 3.27. The average Bonchev–Trinajstić information content (AvgIpc) is 2.63. The summed E-state index contributed by atoms with van der Waals surface area (Å²) < 4.78 is 0. The van der Waals surface area contributed by atoms with Crippen molar-refractivity contribution in [3.63, 3.8) is 0 Å². The van der Waals surface area contributed by atoms with Crippen LogP contribution in [0.5, 0.6) is 0 Å². The molecule has 71 valence electrons. The molecule has 0 aromatic heterocycles. The third-order valence-corrected chi connectivity index (χ3v) is 3.81. The molecule has 0 aliphatic heterocycles. The minimum Gasteiger partial charge on any atom is -0.0642 e. The number of hydrogen-bond acceptors (Lipinski definition) is 0. The molecular weight excluding hydrogens is 196 g/mol. The Kier molecular flexibility index (Phi) is 1.83. The van der Waals surface area contributed by atoms with Crippen LogP contribution in [0.3, 0.4) is 0 Å². The molecule has 0 N–H and O–H groups in total. The first kappa shape index (κ1) is 8.92. The Morgan fingerprint density at radius 2 is 1.80 bits per heavy atom. The second-order valence-electron chi connectivity index (χ2n) is 4.10. The lowest BCUT2D eigenvalue weighted by Crippen LogP contribution is -2.09. The average molecular weight is 207 g/mol. The Morgan fingerprint density at radius 3 is 2.67 bits per heavy atom. The first-order valence-electron chi connectivity index (χ1n) is 5.20. The van der Waals surface area contributed by atoms with Gasteiger partial charge in [-0.1, -0.05) is 41.6 Å². The summed E-state index contributed by atoms with van der Waals surface area (Å²) in [5.74, 6) is 0. The van der Waals surface area contributed by atoms with E-state index in [0.29, 0.717) is 0 Å². The van der Waals surface area contributed by atoms with E-state index in [0.717, 1.165) is 6.42 Å². The molecule has 0 spiro atoms. The highest BCUT2D eigenvalue weighted by Gasteiger charge is 2.19. The molecule has 3 radical (unpaired) electrons. The lowest BCUT2D eigenvalue weighted by Gasteiger charge is -2.06. The van der Waals surface area contributed by atoms with E-state index in [2.05, 4.69) is 53.6 Å². The van der Waals surface area contributed by atoms with Crippen molar-refractivity contribution in [2.24, 2.45) is 0 Å². The quantitative estimate of drug-likeness (QED) is 0.496. The fourth-order valence-electron chi connectivity index (χ4n) is 2.36. The van der Waals surface area contributed by atoms with Gasteiger partial charge in [-0.2, -0.15) is 0 Å². The van der Waals surface area contributed by atoms with E-state index in [9.17, 15) is 0 Å². The molecule has 0 saturated carbocycles. The van der Waals surface area contributed by atoms with Gasteiger partial charge < -0.3 is 0 Å². The van der Waals surface area contributed by atoms with E-state index in [4.69, 9.17) is 0 Å². The van der Waals surface area contributed by atoms with Crippen LogP contribution in [-0.4, -0.2) is 10.2 Å². The van der Waals surface area contributed by atoms with Crippen molar-refractivity contribution in [2.45, 2.75) is 13.3 Å². The van der Waals surface area contributed by atoms with Crippen molar-refractivity contribution < 1.29 is 0 Å². The molecule has 0 heterocycles. The smallest absolute Gasteiger partial charge is 0.0642 e. The van der Waals surface area contributed by atoms with E-state index in [1.54, 1.807) is 0 Å². The summed E-state index contributed by atoms with van der Waals surface area (Å²) in [6, 6.07) is 13.0. The Morgan fingerprint density at radius 1 is 1.00 bits per heavy atom. The van der Waals surface area contributed by atoms with Crippen LogP contribution in [-0.2, 0) is 6.42 Å². The SMILES string of the molecule is Cc1c([Si])ccc2c1Cc1ccccc1-2. The molecule has 2 aromatic carbocycles. The molecule has 1 aliphatic carbocycles. The normalized spacial score (nSPS) is 12.4. The van der Waals surface area contributed by atoms with E-state index in [-0.39, 0.29) is 0 Å². The van der Waals surface area contributed by atoms with Crippen LogP contribution in [0, 0.1) is 6.92 Å². The first-order chi connectivity index (χ1) is 7.27. The molecule has 15 heavy (non-hydrogen) atoms. The number of rotatable bonds is 0. The van der Waals surface area contributed by atoms with Gasteiger partial charge in [-0.15, -0.1) is 0 Å². The third kappa shape index (κ3) is 1.20. The summed E-state index contributed by atoms with van der Waals surface area (Å²) in [4.78, 5) is 0. The van der Waals surface area contributed by atoms with Gasteiger partial charge in [0.25, 0.3) is 0 Å². The lowest BCUT2D eigenvalue weighted by atomic mass is 10.0. The van der Waals surface area contributed by atoms with Gasteiger partial charge in [0.05, 0.1) is 10.2 Å². The van der Waals surface area contributed by atoms with Gasteiger partial charge in [-0.3, -0.25) is 0 Å². The number of fused-ring (bicyclic) bond motifs is 3. The monoisotopic (exact) mass is 207 g/mol. The zero-order valence-corrected chi connectivity index (χ0v) is 9.67. The lowest BCUT2D eigenvalue weighted by molar-refractivity contribution is 1.23. The highest BCUT2D eigenvalue weighted by Crippen LogP contribution is 2.36. The van der Waals surface area contributed by atoms with Gasteiger partial charge in [0.2, 0.25) is 0 Å². The van der Waals surface area contributed by atoms with Gasteiger partial charge in [-0.25, -0.2) is 0 Å². The zero-order chi connectivity index (χ0) is 10.4. The standard InChI is InChI=1S/C14H11Si/c1-9-13-8-10-4-2-3-5-11(10)12(13)6-7-14(9)15/h2-7H,8H2,1H3. The summed E-state index contributed by atoms with van der Waals surface area (Å²) in [5, 5.41) is 1.21. The molecule has 0 amide bonds. The van der Waals surface area contributed by atoms with Crippen LogP contribution < -0.4 is 5.19 Å². The topological polar surface area (TPSA) is 0 Å². The van der Waals surface area contributed by atoms with Gasteiger partial charge in [0.15, 0.2) is 0 Å². The maximum absolute atomic E-state index is 3.65. The second kappa shape index (κ2) is 3.07. The van der Waals surface area contributed by atoms with Crippen molar-refractivity contribution in [1.29, 1.82) is 0 Å². The Hall–Kier alpha value is -1.34. The number of benzene rings is 2. The van der Waals surface area contributed by atoms with Crippen molar-refractivity contribution in [1.82, 2.24) is 0 Å². The van der Waals surface area contributed by atoms with Crippen molar-refractivity contribution in [2.75, 3.05) is 0 Å². The maximum Gasteiger partial charge on any atom is 0.0715 e. The van der Waals surface area contributed by atoms with Crippen molar-refractivity contribution in [3.05, 3.63) is 53.1 Å². The van der Waals surface area contributed by atoms with Crippen molar-refractivity contribution in [3.8, 4) is 11.1 Å². The van der Waals surface area contributed by atoms with Crippen LogP contribution in [0.15, 0.2) is 36.4 Å². The molecule has 0 saturated heterocycles. The molecule has 1 aliphatic rings. The zero-order valence-electron chi connectivity index (χ0n) is 8.67. The summed E-state index contributed by atoms with van der Waals surface area (Å²) in [7, 11) is 3.65. The molecular formula is C14H11Si. The summed E-state index contributed by atoms with van der Waals surface area (Å²) in [5.41, 5.74) is 7.12. The molecule has 0 nitrogen and oxygen atoms in total. The van der Waals surface area contributed by atoms with E-state index in [1.165, 1.54) is 33.0 Å². The molecule has 1 heteroatoms. The molecule has 3 rings (SSSR count). The predicted octanol–water partition coefficient (Wildman–Crippen LogP) is 2.36.